The van der Waals surface area contributed by atoms with E-state index in [0.29, 0.717) is 0 Å². The standard InChI is InChI=1S/C23H21N/c1-2-3-19-24-23(20-13-7-4-8-14-20,21-15-9-5-10-16-21)22-17-11-6-12-18-22/h2-19H,1H3/b3-2+,24-19?. The highest BCUT2D eigenvalue weighted by Gasteiger charge is 2.35. The third-order valence-electron chi connectivity index (χ3n) is 4.12. The van der Waals surface area contributed by atoms with Gasteiger partial charge in [0.15, 0.2) is 0 Å². The molecule has 0 atom stereocenters. The van der Waals surface area contributed by atoms with E-state index in [1.54, 1.807) is 0 Å². The van der Waals surface area contributed by atoms with Gasteiger partial charge in [0.2, 0.25) is 0 Å². The van der Waals surface area contributed by atoms with Gasteiger partial charge in [0.05, 0.1) is 0 Å². The molecule has 0 bridgehead atoms. The van der Waals surface area contributed by atoms with Crippen LogP contribution in [0, 0.1) is 0 Å². The number of nitrogens with zero attached hydrogens (tertiary/aromatic N) is 1. The predicted octanol–water partition coefficient (Wildman–Crippen LogP) is 5.63. The molecule has 24 heavy (non-hydrogen) atoms. The first kappa shape index (κ1) is 15.9. The van der Waals surface area contributed by atoms with E-state index in [1.807, 2.05) is 43.5 Å². The average molecular weight is 311 g/mol. The van der Waals surface area contributed by atoms with E-state index in [-0.39, 0.29) is 0 Å². The van der Waals surface area contributed by atoms with Crippen molar-refractivity contribution in [2.75, 3.05) is 0 Å². The third kappa shape index (κ3) is 3.07. The zero-order valence-corrected chi connectivity index (χ0v) is 13.8. The van der Waals surface area contributed by atoms with Crippen molar-refractivity contribution in [3.63, 3.8) is 0 Å². The molecule has 3 aromatic rings. The molecule has 0 amide bonds. The Morgan fingerprint density at radius 2 is 1.00 bits per heavy atom. The molecule has 118 valence electrons. The second kappa shape index (κ2) is 7.56. The van der Waals surface area contributed by atoms with Crippen molar-refractivity contribution >= 4 is 6.21 Å². The summed E-state index contributed by atoms with van der Waals surface area (Å²) in [7, 11) is 0. The van der Waals surface area contributed by atoms with Gasteiger partial charge in [0, 0.05) is 6.21 Å². The Hall–Kier alpha value is -2.93. The van der Waals surface area contributed by atoms with Gasteiger partial charge in [0.25, 0.3) is 0 Å². The van der Waals surface area contributed by atoms with E-state index in [9.17, 15) is 0 Å². The van der Waals surface area contributed by atoms with Crippen LogP contribution in [0.5, 0.6) is 0 Å². The van der Waals surface area contributed by atoms with Crippen LogP contribution in [0.15, 0.2) is 108 Å². The Bertz CT molecular complexity index is 706. The Labute approximate surface area is 144 Å². The summed E-state index contributed by atoms with van der Waals surface area (Å²) >= 11 is 0. The summed E-state index contributed by atoms with van der Waals surface area (Å²) in [4.78, 5) is 5.04. The van der Waals surface area contributed by atoms with Crippen LogP contribution in [0.3, 0.4) is 0 Å². The van der Waals surface area contributed by atoms with Gasteiger partial charge < -0.3 is 0 Å². The Morgan fingerprint density at radius 3 is 1.33 bits per heavy atom. The van der Waals surface area contributed by atoms with E-state index in [1.165, 1.54) is 0 Å². The highest BCUT2D eigenvalue weighted by Crippen LogP contribution is 2.40. The highest BCUT2D eigenvalue weighted by atomic mass is 14.9. The van der Waals surface area contributed by atoms with Gasteiger partial charge in [-0.2, -0.15) is 0 Å². The first-order chi connectivity index (χ1) is 11.9. The van der Waals surface area contributed by atoms with Crippen molar-refractivity contribution in [3.05, 3.63) is 120 Å². The van der Waals surface area contributed by atoms with Gasteiger partial charge in [-0.15, -0.1) is 0 Å². The number of allylic oxidation sites excluding steroid dienone is 2. The van der Waals surface area contributed by atoms with E-state index in [2.05, 4.69) is 72.8 Å². The predicted molar refractivity (Wildman–Crippen MR) is 103 cm³/mol. The van der Waals surface area contributed by atoms with Gasteiger partial charge in [0.1, 0.15) is 5.54 Å². The summed E-state index contributed by atoms with van der Waals surface area (Å²) in [6.45, 7) is 2.00. The summed E-state index contributed by atoms with van der Waals surface area (Å²) in [5, 5.41) is 0. The molecule has 0 aliphatic carbocycles. The minimum atomic E-state index is -0.552. The Kier molecular flexibility index (Phi) is 5.02. The van der Waals surface area contributed by atoms with Crippen molar-refractivity contribution in [3.8, 4) is 0 Å². The third-order valence-corrected chi connectivity index (χ3v) is 4.12. The summed E-state index contributed by atoms with van der Waals surface area (Å²) in [6, 6.07) is 31.4. The van der Waals surface area contributed by atoms with Crippen molar-refractivity contribution < 1.29 is 0 Å². The lowest BCUT2D eigenvalue weighted by Gasteiger charge is -2.32. The quantitative estimate of drug-likeness (QED) is 0.428. The molecule has 0 unspecified atom stereocenters. The summed E-state index contributed by atoms with van der Waals surface area (Å²) in [5.74, 6) is 0. The van der Waals surface area contributed by atoms with Gasteiger partial charge in [-0.05, 0) is 29.7 Å². The first-order valence-electron chi connectivity index (χ1n) is 8.21. The monoisotopic (exact) mass is 311 g/mol. The molecule has 3 rings (SSSR count). The lowest BCUT2D eigenvalue weighted by molar-refractivity contribution is 0.660. The van der Waals surface area contributed by atoms with Crippen molar-refractivity contribution in [2.24, 2.45) is 4.99 Å². The van der Waals surface area contributed by atoms with E-state index >= 15 is 0 Å². The lowest BCUT2D eigenvalue weighted by Crippen LogP contribution is -2.27. The van der Waals surface area contributed by atoms with Gasteiger partial charge in [-0.25, -0.2) is 0 Å². The maximum atomic E-state index is 5.04. The molecule has 0 aromatic heterocycles. The number of hydrogen-bond donors (Lipinski definition) is 0. The van der Waals surface area contributed by atoms with Crippen molar-refractivity contribution in [1.82, 2.24) is 0 Å². The first-order valence-corrected chi connectivity index (χ1v) is 8.21. The van der Waals surface area contributed by atoms with Crippen molar-refractivity contribution in [2.45, 2.75) is 12.5 Å². The lowest BCUT2D eigenvalue weighted by atomic mass is 9.77. The van der Waals surface area contributed by atoms with Crippen molar-refractivity contribution in [1.29, 1.82) is 0 Å². The van der Waals surface area contributed by atoms with Crippen LogP contribution in [-0.4, -0.2) is 6.21 Å². The zero-order valence-electron chi connectivity index (χ0n) is 13.8. The molecule has 0 saturated heterocycles. The molecule has 3 aromatic carbocycles. The summed E-state index contributed by atoms with van der Waals surface area (Å²) < 4.78 is 0. The van der Waals surface area contributed by atoms with Crippen LogP contribution < -0.4 is 0 Å². The molecule has 0 heterocycles. The molecular formula is C23H21N. The van der Waals surface area contributed by atoms with Gasteiger partial charge in [-0.1, -0.05) is 97.1 Å². The smallest absolute Gasteiger partial charge is 0.136 e. The second-order valence-corrected chi connectivity index (χ2v) is 5.61. The summed E-state index contributed by atoms with van der Waals surface area (Å²) in [5.41, 5.74) is 2.91. The maximum absolute atomic E-state index is 5.04. The van der Waals surface area contributed by atoms with E-state index < -0.39 is 5.54 Å². The minimum absolute atomic E-state index is 0.552. The normalized spacial score (nSPS) is 12.0. The van der Waals surface area contributed by atoms with Crippen LogP contribution in [0.2, 0.25) is 0 Å². The van der Waals surface area contributed by atoms with Crippen LogP contribution in [0.25, 0.3) is 0 Å². The zero-order chi connectivity index (χ0) is 16.7. The fraction of sp³-hybridized carbons (Fsp3) is 0.0870. The molecule has 0 radical (unpaired) electrons. The molecule has 0 fully saturated rings. The van der Waals surface area contributed by atoms with Crippen LogP contribution in [-0.2, 0) is 5.54 Å². The molecule has 1 nitrogen and oxygen atoms in total. The largest absolute Gasteiger partial charge is 0.272 e. The molecule has 0 spiro atoms. The average Bonchev–Trinajstić information content (AvgIpc) is 2.68. The fourth-order valence-corrected chi connectivity index (χ4v) is 3.00. The molecule has 0 aliphatic rings. The molecule has 1 heteroatoms. The Morgan fingerprint density at radius 1 is 0.625 bits per heavy atom. The van der Waals surface area contributed by atoms with Gasteiger partial charge in [-0.3, -0.25) is 4.99 Å². The molecule has 0 N–H and O–H groups in total. The maximum Gasteiger partial charge on any atom is 0.136 e. The van der Waals surface area contributed by atoms with Crippen LogP contribution >= 0.6 is 0 Å². The number of aliphatic imine (C=N–C) groups is 1. The summed E-state index contributed by atoms with van der Waals surface area (Å²) in [6.07, 6.45) is 5.87. The van der Waals surface area contributed by atoms with Gasteiger partial charge >= 0.3 is 0 Å². The number of benzene rings is 3. The topological polar surface area (TPSA) is 12.4 Å². The molecule has 0 aliphatic heterocycles. The molecule has 0 saturated carbocycles. The molecular weight excluding hydrogens is 290 g/mol. The number of hydrogen-bond acceptors (Lipinski definition) is 1. The van der Waals surface area contributed by atoms with Crippen LogP contribution in [0.4, 0.5) is 0 Å². The highest BCUT2D eigenvalue weighted by molar-refractivity contribution is 5.73. The number of rotatable bonds is 5. The second-order valence-electron chi connectivity index (χ2n) is 5.61. The van der Waals surface area contributed by atoms with Crippen LogP contribution in [0.1, 0.15) is 23.6 Å². The minimum Gasteiger partial charge on any atom is -0.272 e. The van der Waals surface area contributed by atoms with E-state index in [4.69, 9.17) is 4.99 Å². The fourth-order valence-electron chi connectivity index (χ4n) is 3.00. The van der Waals surface area contributed by atoms with E-state index in [0.717, 1.165) is 16.7 Å². The SMILES string of the molecule is C/C=C/C=NC(c1ccccc1)(c1ccccc1)c1ccccc1. The Balaban J connectivity index is 2.32.